The highest BCUT2D eigenvalue weighted by molar-refractivity contribution is 6.30. The van der Waals surface area contributed by atoms with E-state index in [0.29, 0.717) is 5.69 Å². The fraction of sp³-hybridized carbons (Fsp3) is 0.143. The molecule has 0 aromatic carbocycles. The van der Waals surface area contributed by atoms with E-state index in [9.17, 15) is 0 Å². The van der Waals surface area contributed by atoms with Crippen LogP contribution in [0.5, 0.6) is 0 Å². The first-order valence-electron chi connectivity index (χ1n) is 3.38. The van der Waals surface area contributed by atoms with Crippen molar-refractivity contribution in [1.82, 2.24) is 4.98 Å². The number of hydrogen-bond donors (Lipinski definition) is 3. The molecule has 0 atom stereocenters. The summed E-state index contributed by atoms with van der Waals surface area (Å²) in [5, 5.41) is 25.4. The van der Waals surface area contributed by atoms with Gasteiger partial charge in [-0.1, -0.05) is 11.6 Å². The fourth-order valence-electron chi connectivity index (χ4n) is 0.881. The maximum absolute atomic E-state index is 8.80. The Hall–Kier alpha value is -1.19. The van der Waals surface area contributed by atoms with Crippen LogP contribution < -0.4 is 5.23 Å². The van der Waals surface area contributed by atoms with Gasteiger partial charge in [0.2, 0.25) is 5.69 Å². The molecule has 0 unspecified atom stereocenters. The highest BCUT2D eigenvalue weighted by atomic mass is 35.5. The molecule has 1 aromatic rings. The topological polar surface area (TPSA) is 81.6 Å². The third-order valence-electron chi connectivity index (χ3n) is 1.53. The normalized spacial score (nSPS) is 10.2. The minimum absolute atomic E-state index is 0.0602. The van der Waals surface area contributed by atoms with Gasteiger partial charge in [0.05, 0.1) is 5.56 Å². The lowest BCUT2D eigenvalue weighted by Crippen LogP contribution is -3.02. The van der Waals surface area contributed by atoms with E-state index in [1.54, 1.807) is 13.0 Å². The van der Waals surface area contributed by atoms with Gasteiger partial charge >= 0.3 is 0 Å². The molecule has 1 rings (SSSR count). The predicted octanol–water partition coefficient (Wildman–Crippen LogP) is 0.210. The summed E-state index contributed by atoms with van der Waals surface area (Å²) in [5.74, 6) is 0. The first-order chi connectivity index (χ1) is 6.06. The van der Waals surface area contributed by atoms with Gasteiger partial charge in [0, 0.05) is 6.07 Å². The number of nitriles is 1. The number of quaternary nitrogens is 1. The predicted molar refractivity (Wildman–Crippen MR) is 42.9 cm³/mol. The van der Waals surface area contributed by atoms with Crippen LogP contribution in [-0.4, -0.2) is 15.4 Å². The molecule has 0 saturated carbocycles. The summed E-state index contributed by atoms with van der Waals surface area (Å²) in [5.41, 5.74) is 0.591. The second kappa shape index (κ2) is 3.68. The first-order valence-corrected chi connectivity index (χ1v) is 3.76. The average molecular weight is 201 g/mol. The summed E-state index contributed by atoms with van der Waals surface area (Å²) < 4.78 is 0. The van der Waals surface area contributed by atoms with E-state index in [-0.39, 0.29) is 16.4 Å². The molecule has 0 amide bonds. The van der Waals surface area contributed by atoms with Crippen LogP contribution in [0.25, 0.3) is 0 Å². The Bertz CT molecular complexity index is 373. The van der Waals surface area contributed by atoms with Crippen LogP contribution in [-0.2, 0) is 0 Å². The van der Waals surface area contributed by atoms with Gasteiger partial charge in [0.15, 0.2) is 0 Å². The minimum Gasteiger partial charge on any atom is -0.234 e. The van der Waals surface area contributed by atoms with Crippen molar-refractivity contribution >= 4 is 17.3 Å². The lowest BCUT2D eigenvalue weighted by molar-refractivity contribution is -1.19. The van der Waals surface area contributed by atoms with Crippen molar-refractivity contribution in [2.45, 2.75) is 6.92 Å². The number of pyridine rings is 1. The largest absolute Gasteiger partial charge is 0.234 e. The van der Waals surface area contributed by atoms with Gasteiger partial charge in [-0.2, -0.15) is 15.7 Å². The van der Waals surface area contributed by atoms with Gasteiger partial charge in [0.25, 0.3) is 0 Å². The van der Waals surface area contributed by atoms with Crippen molar-refractivity contribution in [2.75, 3.05) is 0 Å². The molecule has 0 saturated heterocycles. The van der Waals surface area contributed by atoms with Crippen LogP contribution in [0, 0.1) is 18.3 Å². The SMILES string of the molecule is Cc1nc(Cl)c(C#N)cc1[NH+](O)O. The Labute approximate surface area is 79.3 Å². The highest BCUT2D eigenvalue weighted by Crippen LogP contribution is 2.17. The first kappa shape index (κ1) is 9.89. The quantitative estimate of drug-likeness (QED) is 0.447. The number of aromatic nitrogens is 1. The molecule has 1 heterocycles. The maximum Gasteiger partial charge on any atom is 0.219 e. The molecule has 5 nitrogen and oxygen atoms in total. The Balaban J connectivity index is 3.33. The van der Waals surface area contributed by atoms with E-state index in [2.05, 4.69) is 4.98 Å². The Morgan fingerprint density at radius 3 is 2.69 bits per heavy atom. The molecule has 13 heavy (non-hydrogen) atoms. The van der Waals surface area contributed by atoms with Gasteiger partial charge in [-0.25, -0.2) is 4.98 Å². The molecule has 0 fully saturated rings. The van der Waals surface area contributed by atoms with Crippen LogP contribution >= 0.6 is 11.6 Å². The van der Waals surface area contributed by atoms with E-state index < -0.39 is 5.23 Å². The molecule has 6 heteroatoms. The summed E-state index contributed by atoms with van der Waals surface area (Å²) in [6.45, 7) is 1.56. The molecule has 0 radical (unpaired) electrons. The maximum atomic E-state index is 8.80. The van der Waals surface area contributed by atoms with Crippen molar-refractivity contribution < 1.29 is 15.6 Å². The van der Waals surface area contributed by atoms with Crippen LogP contribution in [0.3, 0.4) is 0 Å². The van der Waals surface area contributed by atoms with E-state index in [1.165, 1.54) is 6.07 Å². The zero-order chi connectivity index (χ0) is 10.0. The van der Waals surface area contributed by atoms with Crippen LogP contribution in [0.4, 0.5) is 5.69 Å². The van der Waals surface area contributed by atoms with E-state index in [4.69, 9.17) is 27.3 Å². The van der Waals surface area contributed by atoms with Gasteiger partial charge in [0.1, 0.15) is 16.9 Å². The lowest BCUT2D eigenvalue weighted by Gasteiger charge is -2.04. The standard InChI is InChI=1S/C7H6ClN3O2/c1-4-6(11(12)13)2-5(3-9)7(8)10-4/h2,12-13H,1H3/p+1. The average Bonchev–Trinajstić information content (AvgIpc) is 2.03. The third-order valence-corrected chi connectivity index (χ3v) is 1.82. The van der Waals surface area contributed by atoms with Crippen LogP contribution in [0.15, 0.2) is 6.07 Å². The molecule has 68 valence electrons. The van der Waals surface area contributed by atoms with Crippen LogP contribution in [0.1, 0.15) is 11.3 Å². The monoisotopic (exact) mass is 200 g/mol. The van der Waals surface area contributed by atoms with Crippen molar-refractivity contribution in [3.05, 3.63) is 22.5 Å². The number of nitrogens with zero attached hydrogens (tertiary/aromatic N) is 2. The molecule has 0 bridgehead atoms. The lowest BCUT2D eigenvalue weighted by atomic mass is 10.2. The Morgan fingerprint density at radius 2 is 2.23 bits per heavy atom. The highest BCUT2D eigenvalue weighted by Gasteiger charge is 2.15. The molecule has 0 aliphatic carbocycles. The second-order valence-electron chi connectivity index (χ2n) is 2.40. The fourth-order valence-corrected chi connectivity index (χ4v) is 1.10. The van der Waals surface area contributed by atoms with Crippen molar-refractivity contribution in [3.63, 3.8) is 0 Å². The van der Waals surface area contributed by atoms with Gasteiger partial charge in [-0.3, -0.25) is 0 Å². The summed E-state index contributed by atoms with van der Waals surface area (Å²) in [6, 6.07) is 3.07. The van der Waals surface area contributed by atoms with E-state index in [1.807, 2.05) is 0 Å². The van der Waals surface area contributed by atoms with Crippen molar-refractivity contribution in [1.29, 1.82) is 5.26 Å². The summed E-state index contributed by atoms with van der Waals surface area (Å²) in [4.78, 5) is 3.77. The van der Waals surface area contributed by atoms with Crippen LogP contribution in [0.2, 0.25) is 5.15 Å². The molecule has 0 aliphatic rings. The number of halogens is 1. The number of nitrogens with one attached hydrogen (secondary N) is 1. The van der Waals surface area contributed by atoms with E-state index in [0.717, 1.165) is 0 Å². The molecule has 3 N–H and O–H groups in total. The van der Waals surface area contributed by atoms with Gasteiger partial charge < -0.3 is 0 Å². The number of hydrogen-bond acceptors (Lipinski definition) is 4. The number of rotatable bonds is 1. The minimum atomic E-state index is -0.863. The van der Waals surface area contributed by atoms with Gasteiger partial charge in [-0.15, -0.1) is 0 Å². The molecular weight excluding hydrogens is 194 g/mol. The molecular formula is C7H7ClN3O2+. The summed E-state index contributed by atoms with van der Waals surface area (Å²) in [6.07, 6.45) is 0. The Kier molecular flexibility index (Phi) is 2.80. The van der Waals surface area contributed by atoms with Crippen molar-refractivity contribution in [2.24, 2.45) is 0 Å². The number of aryl methyl sites for hydroxylation is 1. The smallest absolute Gasteiger partial charge is 0.219 e. The van der Waals surface area contributed by atoms with E-state index >= 15 is 0 Å². The summed E-state index contributed by atoms with van der Waals surface area (Å²) >= 11 is 5.60. The molecule has 0 aliphatic heterocycles. The zero-order valence-corrected chi connectivity index (χ0v) is 7.50. The third kappa shape index (κ3) is 1.94. The second-order valence-corrected chi connectivity index (χ2v) is 2.75. The Morgan fingerprint density at radius 1 is 1.62 bits per heavy atom. The van der Waals surface area contributed by atoms with Gasteiger partial charge in [-0.05, 0) is 12.2 Å². The van der Waals surface area contributed by atoms with Crippen molar-refractivity contribution in [3.8, 4) is 6.07 Å². The molecule has 0 spiro atoms. The zero-order valence-electron chi connectivity index (χ0n) is 6.74. The summed E-state index contributed by atoms with van der Waals surface area (Å²) in [7, 11) is 0. The molecule has 1 aromatic heterocycles.